The highest BCUT2D eigenvalue weighted by molar-refractivity contribution is 6.74. The predicted molar refractivity (Wildman–Crippen MR) is 89.3 cm³/mol. The summed E-state index contributed by atoms with van der Waals surface area (Å²) < 4.78 is 8.07. The molecule has 1 aromatic rings. The Hall–Kier alpha value is -0.763. The van der Waals surface area contributed by atoms with Gasteiger partial charge in [0.1, 0.15) is 5.69 Å². The average Bonchev–Trinajstić information content (AvgIpc) is 2.79. The minimum atomic E-state index is -1.63. The third-order valence-corrected chi connectivity index (χ3v) is 9.48. The Morgan fingerprint density at radius 1 is 1.41 bits per heavy atom. The molecule has 1 atom stereocenters. The summed E-state index contributed by atoms with van der Waals surface area (Å²) in [7, 11) is -1.63. The van der Waals surface area contributed by atoms with Crippen molar-refractivity contribution in [2.75, 3.05) is 26.2 Å². The molecule has 22 heavy (non-hydrogen) atoms. The van der Waals surface area contributed by atoms with Crippen LogP contribution in [0.1, 0.15) is 45.5 Å². The molecular weight excluding hydrogens is 296 g/mol. The van der Waals surface area contributed by atoms with E-state index in [0.717, 1.165) is 26.2 Å². The molecule has 6 nitrogen and oxygen atoms in total. The van der Waals surface area contributed by atoms with Crippen LogP contribution < -0.4 is 0 Å². The van der Waals surface area contributed by atoms with Gasteiger partial charge in [0.05, 0.1) is 18.3 Å². The lowest BCUT2D eigenvalue weighted by Gasteiger charge is -2.41. The zero-order chi connectivity index (χ0) is 16.5. The van der Waals surface area contributed by atoms with Crippen LogP contribution in [0.3, 0.4) is 0 Å². The summed E-state index contributed by atoms with van der Waals surface area (Å²) >= 11 is 0. The van der Waals surface area contributed by atoms with E-state index in [1.807, 2.05) is 10.9 Å². The Bertz CT molecular complexity index is 490. The van der Waals surface area contributed by atoms with Crippen LogP contribution in [0, 0.1) is 0 Å². The number of rotatable bonds is 6. The molecule has 0 aromatic carbocycles. The van der Waals surface area contributed by atoms with E-state index in [2.05, 4.69) is 49.1 Å². The SMILES string of the molecule is CC(O)c1cn(C2CN(CCO[Si](C)(C)C(C)(C)C)C2)nn1. The van der Waals surface area contributed by atoms with Gasteiger partial charge in [0.15, 0.2) is 8.32 Å². The number of aromatic nitrogens is 3. The highest BCUT2D eigenvalue weighted by Crippen LogP contribution is 2.36. The molecule has 1 aliphatic heterocycles. The van der Waals surface area contributed by atoms with Gasteiger partial charge >= 0.3 is 0 Å². The number of hydrogen-bond donors (Lipinski definition) is 1. The summed E-state index contributed by atoms with van der Waals surface area (Å²) in [5.41, 5.74) is 0.639. The van der Waals surface area contributed by atoms with Crippen molar-refractivity contribution in [3.63, 3.8) is 0 Å². The van der Waals surface area contributed by atoms with Crippen LogP contribution in [0.15, 0.2) is 6.20 Å². The van der Waals surface area contributed by atoms with E-state index in [-0.39, 0.29) is 5.04 Å². The normalized spacial score (nSPS) is 19.2. The van der Waals surface area contributed by atoms with Crippen molar-refractivity contribution in [3.05, 3.63) is 11.9 Å². The zero-order valence-corrected chi connectivity index (χ0v) is 15.7. The van der Waals surface area contributed by atoms with Crippen molar-refractivity contribution >= 4 is 8.32 Å². The van der Waals surface area contributed by atoms with Crippen LogP contribution in [-0.4, -0.2) is 59.6 Å². The van der Waals surface area contributed by atoms with Gasteiger partial charge in [0, 0.05) is 26.2 Å². The molecule has 1 aliphatic rings. The van der Waals surface area contributed by atoms with E-state index in [1.54, 1.807) is 6.92 Å². The van der Waals surface area contributed by atoms with E-state index in [0.29, 0.717) is 11.7 Å². The first-order valence-corrected chi connectivity index (χ1v) is 11.0. The molecule has 1 unspecified atom stereocenters. The van der Waals surface area contributed by atoms with E-state index in [4.69, 9.17) is 4.43 Å². The first kappa shape index (κ1) is 17.6. The van der Waals surface area contributed by atoms with Gasteiger partial charge < -0.3 is 9.53 Å². The molecule has 1 N–H and O–H groups in total. The standard InChI is InChI=1S/C15H30N4O2Si/c1-12(20)14-11-19(17-16-14)13-9-18(10-13)7-8-21-22(5,6)15(2,3)4/h11-13,20H,7-10H2,1-6H3. The molecule has 0 spiro atoms. The number of hydrogen-bond acceptors (Lipinski definition) is 5. The maximum atomic E-state index is 9.48. The fourth-order valence-corrected chi connectivity index (χ4v) is 3.23. The van der Waals surface area contributed by atoms with Crippen LogP contribution in [0.2, 0.25) is 18.1 Å². The largest absolute Gasteiger partial charge is 0.416 e. The maximum Gasteiger partial charge on any atom is 0.192 e. The number of nitrogens with zero attached hydrogens (tertiary/aromatic N) is 4. The minimum absolute atomic E-state index is 0.266. The second-order valence-corrected chi connectivity index (χ2v) is 12.6. The summed E-state index contributed by atoms with van der Waals surface area (Å²) in [6, 6.07) is 0.368. The molecule has 7 heteroatoms. The fourth-order valence-electron chi connectivity index (χ4n) is 2.20. The second kappa shape index (κ2) is 6.39. The van der Waals surface area contributed by atoms with Gasteiger partial charge in [0.2, 0.25) is 0 Å². The molecule has 0 radical (unpaired) electrons. The van der Waals surface area contributed by atoms with Crippen LogP contribution in [-0.2, 0) is 4.43 Å². The summed E-state index contributed by atoms with van der Waals surface area (Å²) in [5.74, 6) is 0. The molecule has 0 amide bonds. The lowest BCUT2D eigenvalue weighted by atomic mass is 10.1. The van der Waals surface area contributed by atoms with Gasteiger partial charge in [-0.25, -0.2) is 4.68 Å². The lowest BCUT2D eigenvalue weighted by Crippen LogP contribution is -2.50. The Kier molecular flexibility index (Phi) is 5.11. The molecule has 1 saturated heterocycles. The molecular formula is C15H30N4O2Si. The molecule has 0 saturated carbocycles. The zero-order valence-electron chi connectivity index (χ0n) is 14.7. The van der Waals surface area contributed by atoms with Crippen LogP contribution >= 0.6 is 0 Å². The average molecular weight is 327 g/mol. The first-order valence-electron chi connectivity index (χ1n) is 8.06. The number of aliphatic hydroxyl groups is 1. The third kappa shape index (κ3) is 3.95. The molecule has 1 fully saturated rings. The molecule has 0 aliphatic carbocycles. The van der Waals surface area contributed by atoms with Crippen molar-refractivity contribution < 1.29 is 9.53 Å². The van der Waals surface area contributed by atoms with Crippen LogP contribution in [0.5, 0.6) is 0 Å². The topological polar surface area (TPSA) is 63.4 Å². The van der Waals surface area contributed by atoms with Crippen molar-refractivity contribution in [2.45, 2.75) is 58.0 Å². The smallest absolute Gasteiger partial charge is 0.192 e. The van der Waals surface area contributed by atoms with Gasteiger partial charge in [-0.15, -0.1) is 5.10 Å². The van der Waals surface area contributed by atoms with Crippen molar-refractivity contribution in [2.24, 2.45) is 0 Å². The summed E-state index contributed by atoms with van der Waals surface area (Å²) in [4.78, 5) is 2.38. The molecule has 126 valence electrons. The number of aliphatic hydroxyl groups excluding tert-OH is 1. The van der Waals surface area contributed by atoms with Crippen molar-refractivity contribution in [3.8, 4) is 0 Å². The Morgan fingerprint density at radius 3 is 2.55 bits per heavy atom. The van der Waals surface area contributed by atoms with E-state index in [1.165, 1.54) is 0 Å². The van der Waals surface area contributed by atoms with Crippen LogP contribution in [0.25, 0.3) is 0 Å². The maximum absolute atomic E-state index is 9.48. The van der Waals surface area contributed by atoms with Crippen LogP contribution in [0.4, 0.5) is 0 Å². The van der Waals surface area contributed by atoms with Crippen molar-refractivity contribution in [1.29, 1.82) is 0 Å². The summed E-state index contributed by atoms with van der Waals surface area (Å²) in [5, 5.41) is 17.8. The minimum Gasteiger partial charge on any atom is -0.416 e. The van der Waals surface area contributed by atoms with E-state index in [9.17, 15) is 5.11 Å². The molecule has 0 bridgehead atoms. The van der Waals surface area contributed by atoms with Crippen molar-refractivity contribution in [1.82, 2.24) is 19.9 Å². The Balaban J connectivity index is 1.71. The molecule has 1 aromatic heterocycles. The van der Waals surface area contributed by atoms with Gasteiger partial charge in [-0.1, -0.05) is 26.0 Å². The van der Waals surface area contributed by atoms with Gasteiger partial charge in [-0.3, -0.25) is 4.90 Å². The van der Waals surface area contributed by atoms with E-state index < -0.39 is 14.4 Å². The van der Waals surface area contributed by atoms with E-state index >= 15 is 0 Å². The number of likely N-dealkylation sites (tertiary alicyclic amines) is 1. The van der Waals surface area contributed by atoms with Gasteiger partial charge in [-0.05, 0) is 25.1 Å². The lowest BCUT2D eigenvalue weighted by molar-refractivity contribution is 0.0781. The molecule has 2 heterocycles. The quantitative estimate of drug-likeness (QED) is 0.812. The fraction of sp³-hybridized carbons (Fsp3) is 0.867. The van der Waals surface area contributed by atoms with Gasteiger partial charge in [0.25, 0.3) is 0 Å². The van der Waals surface area contributed by atoms with Gasteiger partial charge in [-0.2, -0.15) is 0 Å². The Morgan fingerprint density at radius 2 is 2.05 bits per heavy atom. The highest BCUT2D eigenvalue weighted by Gasteiger charge is 2.37. The molecule has 2 rings (SSSR count). The monoisotopic (exact) mass is 326 g/mol. The third-order valence-electron chi connectivity index (χ3n) is 4.94. The first-order chi connectivity index (χ1) is 10.1. The summed E-state index contributed by atoms with van der Waals surface area (Å²) in [6.07, 6.45) is 1.29. The second-order valence-electron chi connectivity index (χ2n) is 7.82. The summed E-state index contributed by atoms with van der Waals surface area (Å²) in [6.45, 7) is 16.8. The predicted octanol–water partition coefficient (Wildman–Crippen LogP) is 2.21. The highest BCUT2D eigenvalue weighted by atomic mass is 28.4. The Labute approximate surface area is 134 Å².